The first kappa shape index (κ1) is 15.9. The first-order valence-electron chi connectivity index (χ1n) is 4.36. The molecule has 6 N–H and O–H groups in total. The third-order valence-electron chi connectivity index (χ3n) is 1.88. The minimum atomic E-state index is -0.191. The van der Waals surface area contributed by atoms with Gasteiger partial charge in [-0.15, -0.1) is 13.2 Å². The Hall–Kier alpha value is -1.55. The van der Waals surface area contributed by atoms with Crippen molar-refractivity contribution < 1.29 is 4.39 Å². The van der Waals surface area contributed by atoms with Crippen molar-refractivity contribution in [3.63, 3.8) is 0 Å². The van der Waals surface area contributed by atoms with Gasteiger partial charge in [0.25, 0.3) is 0 Å². The Balaban J connectivity index is 0. The molecule has 0 aliphatic heterocycles. The maximum absolute atomic E-state index is 13.0. The Bertz CT molecular complexity index is 290. The second-order valence-electron chi connectivity index (χ2n) is 2.77. The molecule has 0 unspecified atom stereocenters. The highest BCUT2D eigenvalue weighted by atomic mass is 19.1. The fraction of sp³-hybridized carbons (Fsp3) is 0.273. The molecule has 86 valence electrons. The predicted molar refractivity (Wildman–Crippen MR) is 64.1 cm³/mol. The van der Waals surface area contributed by atoms with Crippen LogP contribution in [0.2, 0.25) is 0 Å². The highest BCUT2D eigenvalue weighted by molar-refractivity contribution is 5.37. The molecule has 1 aliphatic rings. The summed E-state index contributed by atoms with van der Waals surface area (Å²) in [5, 5.41) is 2.93. The van der Waals surface area contributed by atoms with Crippen LogP contribution < -0.4 is 17.2 Å². The maximum atomic E-state index is 13.0. The lowest BCUT2D eigenvalue weighted by Crippen LogP contribution is -2.11. The van der Waals surface area contributed by atoms with Crippen molar-refractivity contribution in [1.29, 1.82) is 0 Å². The molecule has 0 heterocycles. The summed E-state index contributed by atoms with van der Waals surface area (Å²) in [6.45, 7) is 7.71. The predicted octanol–water partition coefficient (Wildman–Crippen LogP) is 2.54. The van der Waals surface area contributed by atoms with E-state index in [1.807, 2.05) is 0 Å². The molecule has 0 aromatic rings. The number of hydrogen-bond donors (Lipinski definition) is 3. The molecule has 0 aromatic heterocycles. The molecule has 0 amide bonds. The fourth-order valence-corrected chi connectivity index (χ4v) is 1.11. The minimum Gasteiger partial charge on any atom is -0.397 e. The van der Waals surface area contributed by atoms with Gasteiger partial charge in [-0.1, -0.05) is 0 Å². The van der Waals surface area contributed by atoms with Crippen molar-refractivity contribution in [3.05, 3.63) is 48.1 Å². The Morgan fingerprint density at radius 3 is 2.47 bits per heavy atom. The molecule has 1 aliphatic carbocycles. The van der Waals surface area contributed by atoms with Gasteiger partial charge >= 0.3 is 0 Å². The summed E-state index contributed by atoms with van der Waals surface area (Å²) in [7, 11) is 1.78. The second-order valence-corrected chi connectivity index (χ2v) is 2.77. The molecule has 0 saturated carbocycles. The molecule has 0 radical (unpaired) electrons. The van der Waals surface area contributed by atoms with E-state index < -0.39 is 0 Å². The topological polar surface area (TPSA) is 73.0 Å². The molecule has 3 nitrogen and oxygen atoms in total. The molecule has 1 rings (SSSR count). The fourth-order valence-electron chi connectivity index (χ4n) is 1.11. The van der Waals surface area contributed by atoms with E-state index in [9.17, 15) is 4.39 Å². The van der Waals surface area contributed by atoms with Gasteiger partial charge in [-0.2, -0.15) is 0 Å². The normalized spacial score (nSPS) is 14.9. The van der Waals surface area contributed by atoms with Crippen LogP contribution in [-0.4, -0.2) is 7.05 Å². The van der Waals surface area contributed by atoms with Gasteiger partial charge in [-0.25, -0.2) is 4.39 Å². The number of nitrogens with one attached hydrogen (secondary N) is 1. The zero-order valence-electron chi connectivity index (χ0n) is 9.44. The number of nitrogens with two attached hydrogens (primary N) is 1. The Morgan fingerprint density at radius 2 is 2.00 bits per heavy atom. The molecule has 0 bridgehead atoms. The smallest absolute Gasteiger partial charge is 0.122 e. The molecule has 0 fully saturated rings. The highest BCUT2D eigenvalue weighted by Crippen LogP contribution is 2.19. The average molecular weight is 213 g/mol. The third kappa shape index (κ3) is 4.46. The van der Waals surface area contributed by atoms with Gasteiger partial charge < -0.3 is 17.2 Å². The number of halogens is 1. The van der Waals surface area contributed by atoms with Gasteiger partial charge in [0.2, 0.25) is 0 Å². The quantitative estimate of drug-likeness (QED) is 0.586. The van der Waals surface area contributed by atoms with Gasteiger partial charge in [0, 0.05) is 19.2 Å². The number of hydrogen-bond acceptors (Lipinski definition) is 3. The second kappa shape index (κ2) is 7.82. The number of rotatable bonds is 1. The lowest BCUT2D eigenvalue weighted by atomic mass is 10.2. The van der Waals surface area contributed by atoms with E-state index in [4.69, 9.17) is 5.73 Å². The minimum absolute atomic E-state index is 0. The van der Waals surface area contributed by atoms with Crippen LogP contribution in [0, 0.1) is 0 Å². The summed E-state index contributed by atoms with van der Waals surface area (Å²) in [6.07, 6.45) is 3.70. The van der Waals surface area contributed by atoms with E-state index in [-0.39, 0.29) is 12.0 Å². The molecule has 0 aromatic carbocycles. The van der Waals surface area contributed by atoms with Crippen LogP contribution in [0.15, 0.2) is 48.1 Å². The SMILES string of the molecule is C=C.CNC1=C(N)C=C(C)C(F)=CC1.N. The van der Waals surface area contributed by atoms with Gasteiger partial charge in [0.05, 0.1) is 5.70 Å². The zero-order chi connectivity index (χ0) is 11.1. The van der Waals surface area contributed by atoms with Gasteiger partial charge in [-0.3, -0.25) is 0 Å². The van der Waals surface area contributed by atoms with Gasteiger partial charge in [-0.05, 0) is 24.6 Å². The summed E-state index contributed by atoms with van der Waals surface area (Å²) < 4.78 is 13.0. The van der Waals surface area contributed by atoms with Crippen LogP contribution >= 0.6 is 0 Å². The molecule has 15 heavy (non-hydrogen) atoms. The molecule has 4 heteroatoms. The summed E-state index contributed by atoms with van der Waals surface area (Å²) >= 11 is 0. The standard InChI is InChI=1S/C9H13FN2.C2H4.H3N/c1-6-5-8(11)9(12-2)4-3-7(6)10;1-2;/h3,5,12H,4,11H2,1-2H3;1-2H2;1H3. The largest absolute Gasteiger partial charge is 0.397 e. The van der Waals surface area contributed by atoms with Crippen molar-refractivity contribution >= 4 is 0 Å². The Labute approximate surface area is 90.8 Å². The van der Waals surface area contributed by atoms with Crippen LogP contribution in [0.4, 0.5) is 4.39 Å². The Morgan fingerprint density at radius 1 is 1.47 bits per heavy atom. The molecule has 0 atom stereocenters. The molecular formula is C11H20FN3. The highest BCUT2D eigenvalue weighted by Gasteiger charge is 2.06. The summed E-state index contributed by atoms with van der Waals surface area (Å²) in [6, 6.07) is 0. The summed E-state index contributed by atoms with van der Waals surface area (Å²) in [5.41, 5.74) is 7.74. The van der Waals surface area contributed by atoms with E-state index in [0.717, 1.165) is 5.70 Å². The van der Waals surface area contributed by atoms with Crippen molar-refractivity contribution in [1.82, 2.24) is 11.5 Å². The van der Waals surface area contributed by atoms with E-state index in [0.29, 0.717) is 17.7 Å². The first-order chi connectivity index (χ1) is 6.65. The van der Waals surface area contributed by atoms with E-state index in [1.165, 1.54) is 6.08 Å². The van der Waals surface area contributed by atoms with Gasteiger partial charge in [0.1, 0.15) is 5.83 Å². The number of allylic oxidation sites excluding steroid dienone is 4. The van der Waals surface area contributed by atoms with E-state index in [1.54, 1.807) is 20.0 Å². The van der Waals surface area contributed by atoms with Gasteiger partial charge in [0.15, 0.2) is 0 Å². The Kier molecular flexibility index (Phi) is 8.29. The van der Waals surface area contributed by atoms with Crippen LogP contribution in [-0.2, 0) is 0 Å². The van der Waals surface area contributed by atoms with Crippen LogP contribution in [0.25, 0.3) is 0 Å². The van der Waals surface area contributed by atoms with Crippen LogP contribution in [0.3, 0.4) is 0 Å². The van der Waals surface area contributed by atoms with Crippen molar-refractivity contribution in [2.45, 2.75) is 13.3 Å². The molecular weight excluding hydrogens is 193 g/mol. The maximum Gasteiger partial charge on any atom is 0.122 e. The summed E-state index contributed by atoms with van der Waals surface area (Å²) in [5.74, 6) is -0.191. The third-order valence-corrected chi connectivity index (χ3v) is 1.88. The first-order valence-corrected chi connectivity index (χ1v) is 4.36. The monoisotopic (exact) mass is 213 g/mol. The lowest BCUT2D eigenvalue weighted by molar-refractivity contribution is 0.647. The molecule has 0 spiro atoms. The van der Waals surface area contributed by atoms with Crippen LogP contribution in [0.5, 0.6) is 0 Å². The summed E-state index contributed by atoms with van der Waals surface area (Å²) in [4.78, 5) is 0. The van der Waals surface area contributed by atoms with Crippen molar-refractivity contribution in [2.75, 3.05) is 7.05 Å². The molecule has 0 saturated heterocycles. The van der Waals surface area contributed by atoms with Crippen molar-refractivity contribution in [2.24, 2.45) is 5.73 Å². The van der Waals surface area contributed by atoms with Crippen molar-refractivity contribution in [3.8, 4) is 0 Å². The lowest BCUT2D eigenvalue weighted by Gasteiger charge is -2.04. The van der Waals surface area contributed by atoms with Crippen LogP contribution in [0.1, 0.15) is 13.3 Å². The van der Waals surface area contributed by atoms with E-state index >= 15 is 0 Å². The average Bonchev–Trinajstić information content (AvgIpc) is 2.31. The van der Waals surface area contributed by atoms with E-state index in [2.05, 4.69) is 18.5 Å². The zero-order valence-corrected chi connectivity index (χ0v) is 9.44.